The maximum absolute atomic E-state index is 14.0. The van der Waals surface area contributed by atoms with Crippen molar-refractivity contribution in [2.24, 2.45) is 5.73 Å². The van der Waals surface area contributed by atoms with Crippen LogP contribution in [0.3, 0.4) is 0 Å². The third-order valence-electron chi connectivity index (χ3n) is 4.75. The molecule has 3 aromatic rings. The Morgan fingerprint density at radius 1 is 1.22 bits per heavy atom. The highest BCUT2D eigenvalue weighted by Gasteiger charge is 2.26. The molecule has 0 saturated heterocycles. The second-order valence-corrected chi connectivity index (χ2v) is 7.51. The molecule has 0 radical (unpaired) electrons. The van der Waals surface area contributed by atoms with Gasteiger partial charge in [-0.3, -0.25) is 19.1 Å². The number of nitrogens with zero attached hydrogens (tertiary/aromatic N) is 2. The van der Waals surface area contributed by atoms with Gasteiger partial charge in [0.1, 0.15) is 18.4 Å². The Kier molecular flexibility index (Phi) is 7.06. The molecule has 5 N–H and O–H groups in total. The fourth-order valence-corrected chi connectivity index (χ4v) is 3.36. The number of rotatable bonds is 8. The van der Waals surface area contributed by atoms with Crippen LogP contribution in [0.25, 0.3) is 10.9 Å². The summed E-state index contributed by atoms with van der Waals surface area (Å²) in [5, 5.41) is 19.4. The number of aromatic nitrogens is 2. The van der Waals surface area contributed by atoms with E-state index in [-0.39, 0.29) is 29.4 Å². The molecular weight excluding hydrogens is 441 g/mol. The van der Waals surface area contributed by atoms with Crippen LogP contribution in [-0.2, 0) is 22.7 Å². The molecule has 0 aliphatic heterocycles. The first kappa shape index (κ1) is 23.2. The standard InChI is InChI=1S/C21H21ClFN5O4/c1-11(29)18(21(32)25-9-12-5-4-7-14(22)17(12)23)26-16(30)10-28-15-8-3-2-6-13(15)19(27-28)20(24)31/h2-8,11,18,29H,9-10H2,1H3,(H2,24,31)(H,25,32)(H,26,30)/t11?,18-/m0/s1. The van der Waals surface area contributed by atoms with E-state index >= 15 is 0 Å². The average molecular weight is 462 g/mol. The molecule has 1 unspecified atom stereocenters. The van der Waals surface area contributed by atoms with Gasteiger partial charge < -0.3 is 21.5 Å². The van der Waals surface area contributed by atoms with Crippen LogP contribution in [-0.4, -0.2) is 44.8 Å². The highest BCUT2D eigenvalue weighted by molar-refractivity contribution is 6.30. The minimum Gasteiger partial charge on any atom is -0.391 e. The number of carbonyl (C=O) groups excluding carboxylic acids is 3. The molecule has 0 spiro atoms. The summed E-state index contributed by atoms with van der Waals surface area (Å²) in [6.45, 7) is 0.822. The van der Waals surface area contributed by atoms with E-state index in [2.05, 4.69) is 15.7 Å². The number of nitrogens with one attached hydrogen (secondary N) is 2. The maximum atomic E-state index is 14.0. The van der Waals surface area contributed by atoms with Crippen LogP contribution < -0.4 is 16.4 Å². The van der Waals surface area contributed by atoms with Crippen LogP contribution in [0.2, 0.25) is 5.02 Å². The van der Waals surface area contributed by atoms with Gasteiger partial charge in [-0.15, -0.1) is 0 Å². The van der Waals surface area contributed by atoms with Gasteiger partial charge >= 0.3 is 0 Å². The van der Waals surface area contributed by atoms with E-state index in [0.29, 0.717) is 10.9 Å². The van der Waals surface area contributed by atoms with E-state index < -0.39 is 35.7 Å². The maximum Gasteiger partial charge on any atom is 0.269 e. The highest BCUT2D eigenvalue weighted by atomic mass is 35.5. The van der Waals surface area contributed by atoms with Gasteiger partial charge in [0, 0.05) is 17.5 Å². The predicted octanol–water partition coefficient (Wildman–Crippen LogP) is 1.11. The van der Waals surface area contributed by atoms with Crippen molar-refractivity contribution < 1.29 is 23.9 Å². The van der Waals surface area contributed by atoms with Crippen LogP contribution >= 0.6 is 11.6 Å². The Morgan fingerprint density at radius 3 is 2.62 bits per heavy atom. The van der Waals surface area contributed by atoms with Gasteiger partial charge in [-0.05, 0) is 19.1 Å². The molecule has 9 nitrogen and oxygen atoms in total. The first-order valence-electron chi connectivity index (χ1n) is 9.62. The minimum absolute atomic E-state index is 0.0155. The SMILES string of the molecule is CC(O)[C@H](NC(=O)Cn1nc(C(N)=O)c2ccccc21)C(=O)NCc1cccc(Cl)c1F. The molecule has 3 rings (SSSR count). The normalized spacial score (nSPS) is 12.9. The number of primary amides is 1. The summed E-state index contributed by atoms with van der Waals surface area (Å²) in [5.41, 5.74) is 6.03. The molecule has 0 fully saturated rings. The van der Waals surface area contributed by atoms with Gasteiger partial charge in [-0.2, -0.15) is 5.10 Å². The minimum atomic E-state index is -1.30. The Morgan fingerprint density at radius 2 is 1.94 bits per heavy atom. The van der Waals surface area contributed by atoms with E-state index in [0.717, 1.165) is 0 Å². The van der Waals surface area contributed by atoms with E-state index in [1.807, 2.05) is 0 Å². The highest BCUT2D eigenvalue weighted by Crippen LogP contribution is 2.19. The first-order chi connectivity index (χ1) is 15.2. The summed E-state index contributed by atoms with van der Waals surface area (Å²) in [6.07, 6.45) is -1.24. The fraction of sp³-hybridized carbons (Fsp3) is 0.238. The first-order valence-corrected chi connectivity index (χ1v) is 10.00. The average Bonchev–Trinajstić information content (AvgIpc) is 3.11. The van der Waals surface area contributed by atoms with Gasteiger partial charge in [0.25, 0.3) is 5.91 Å². The number of hydrogen-bond donors (Lipinski definition) is 4. The number of aliphatic hydroxyl groups is 1. The van der Waals surface area contributed by atoms with Crippen molar-refractivity contribution in [1.29, 1.82) is 0 Å². The molecule has 168 valence electrons. The van der Waals surface area contributed by atoms with Crippen molar-refractivity contribution in [2.45, 2.75) is 32.2 Å². The molecule has 2 aromatic carbocycles. The Balaban J connectivity index is 1.70. The summed E-state index contributed by atoms with van der Waals surface area (Å²) in [6, 6.07) is 9.80. The molecule has 0 aliphatic rings. The number of benzene rings is 2. The molecule has 2 atom stereocenters. The molecule has 32 heavy (non-hydrogen) atoms. The van der Waals surface area contributed by atoms with E-state index in [4.69, 9.17) is 17.3 Å². The van der Waals surface area contributed by atoms with Crippen molar-refractivity contribution in [3.8, 4) is 0 Å². The van der Waals surface area contributed by atoms with Crippen LogP contribution in [0.15, 0.2) is 42.5 Å². The molecule has 3 amide bonds. The summed E-state index contributed by atoms with van der Waals surface area (Å²) < 4.78 is 15.3. The summed E-state index contributed by atoms with van der Waals surface area (Å²) in [4.78, 5) is 36.7. The van der Waals surface area contributed by atoms with Gasteiger partial charge in [-0.25, -0.2) is 4.39 Å². The van der Waals surface area contributed by atoms with Crippen molar-refractivity contribution in [3.05, 3.63) is 64.6 Å². The molecule has 0 bridgehead atoms. The summed E-state index contributed by atoms with van der Waals surface area (Å²) in [5.74, 6) is -2.75. The number of halogens is 2. The van der Waals surface area contributed by atoms with Gasteiger partial charge in [0.2, 0.25) is 11.8 Å². The van der Waals surface area contributed by atoms with Crippen LogP contribution in [0.4, 0.5) is 4.39 Å². The number of hydrogen-bond acceptors (Lipinski definition) is 5. The Bertz CT molecular complexity index is 1180. The van der Waals surface area contributed by atoms with Crippen molar-refractivity contribution in [2.75, 3.05) is 0 Å². The molecule has 11 heteroatoms. The Hall–Kier alpha value is -3.50. The fourth-order valence-electron chi connectivity index (χ4n) is 3.17. The van der Waals surface area contributed by atoms with Crippen LogP contribution in [0, 0.1) is 5.82 Å². The number of amides is 3. The van der Waals surface area contributed by atoms with Crippen LogP contribution in [0.1, 0.15) is 23.0 Å². The molecule has 0 aliphatic carbocycles. The number of para-hydroxylation sites is 1. The van der Waals surface area contributed by atoms with Crippen LogP contribution in [0.5, 0.6) is 0 Å². The molecular formula is C21H21ClFN5O4. The van der Waals surface area contributed by atoms with Gasteiger partial charge in [0.15, 0.2) is 5.69 Å². The van der Waals surface area contributed by atoms with Crippen molar-refractivity contribution in [1.82, 2.24) is 20.4 Å². The zero-order valence-electron chi connectivity index (χ0n) is 17.0. The quantitative estimate of drug-likeness (QED) is 0.398. The lowest BCUT2D eigenvalue weighted by Gasteiger charge is -2.21. The zero-order chi connectivity index (χ0) is 23.4. The smallest absolute Gasteiger partial charge is 0.269 e. The van der Waals surface area contributed by atoms with E-state index in [9.17, 15) is 23.9 Å². The predicted molar refractivity (Wildman–Crippen MR) is 115 cm³/mol. The van der Waals surface area contributed by atoms with E-state index in [1.54, 1.807) is 24.3 Å². The summed E-state index contributed by atoms with van der Waals surface area (Å²) >= 11 is 5.73. The third kappa shape index (κ3) is 5.04. The second kappa shape index (κ2) is 9.75. The van der Waals surface area contributed by atoms with Gasteiger partial charge in [0.05, 0.1) is 16.6 Å². The number of fused-ring (bicyclic) bond motifs is 1. The second-order valence-electron chi connectivity index (χ2n) is 7.10. The monoisotopic (exact) mass is 461 g/mol. The lowest BCUT2D eigenvalue weighted by atomic mass is 10.1. The van der Waals surface area contributed by atoms with E-state index in [1.165, 1.54) is 29.8 Å². The van der Waals surface area contributed by atoms with Crippen molar-refractivity contribution in [3.63, 3.8) is 0 Å². The molecule has 1 heterocycles. The third-order valence-corrected chi connectivity index (χ3v) is 5.04. The number of carbonyl (C=O) groups is 3. The largest absolute Gasteiger partial charge is 0.391 e. The zero-order valence-corrected chi connectivity index (χ0v) is 17.8. The lowest BCUT2D eigenvalue weighted by Crippen LogP contribution is -2.53. The topological polar surface area (TPSA) is 139 Å². The Labute approximate surface area is 187 Å². The van der Waals surface area contributed by atoms with Crippen molar-refractivity contribution >= 4 is 40.2 Å². The molecule has 0 saturated carbocycles. The number of aliphatic hydroxyl groups excluding tert-OH is 1. The lowest BCUT2D eigenvalue weighted by molar-refractivity contribution is -0.132. The summed E-state index contributed by atoms with van der Waals surface area (Å²) in [7, 11) is 0. The van der Waals surface area contributed by atoms with Gasteiger partial charge in [-0.1, -0.05) is 41.9 Å². The molecule has 1 aromatic heterocycles. The number of nitrogens with two attached hydrogens (primary N) is 1.